The Morgan fingerprint density at radius 3 is 2.58 bits per heavy atom. The van der Waals surface area contributed by atoms with E-state index < -0.39 is 6.10 Å². The van der Waals surface area contributed by atoms with Crippen molar-refractivity contribution in [2.45, 2.75) is 25.9 Å². The number of fused-ring (bicyclic) bond motifs is 1. The SMILES string of the molecule is CC(=O)OC(CCc1ccccc1)c1cc2c(cc1C=O)OCO2. The first-order valence-electron chi connectivity index (χ1n) is 7.77. The largest absolute Gasteiger partial charge is 0.458 e. The average molecular weight is 326 g/mol. The number of aldehydes is 1. The smallest absolute Gasteiger partial charge is 0.303 e. The lowest BCUT2D eigenvalue weighted by molar-refractivity contribution is -0.147. The number of esters is 1. The fourth-order valence-corrected chi connectivity index (χ4v) is 2.78. The van der Waals surface area contributed by atoms with E-state index >= 15 is 0 Å². The van der Waals surface area contributed by atoms with Crippen LogP contribution in [0.15, 0.2) is 42.5 Å². The van der Waals surface area contributed by atoms with Gasteiger partial charge in [0.05, 0.1) is 0 Å². The minimum atomic E-state index is -0.516. The van der Waals surface area contributed by atoms with Gasteiger partial charge in [-0.15, -0.1) is 0 Å². The molecule has 3 rings (SSSR count). The van der Waals surface area contributed by atoms with Crippen molar-refractivity contribution in [2.75, 3.05) is 6.79 Å². The van der Waals surface area contributed by atoms with E-state index in [4.69, 9.17) is 14.2 Å². The molecule has 2 aromatic carbocycles. The van der Waals surface area contributed by atoms with E-state index in [0.29, 0.717) is 29.0 Å². The number of ether oxygens (including phenoxy) is 3. The first-order chi connectivity index (χ1) is 11.7. The highest BCUT2D eigenvalue weighted by atomic mass is 16.7. The van der Waals surface area contributed by atoms with E-state index in [2.05, 4.69) is 0 Å². The van der Waals surface area contributed by atoms with Crippen LogP contribution >= 0.6 is 0 Å². The topological polar surface area (TPSA) is 61.8 Å². The lowest BCUT2D eigenvalue weighted by atomic mass is 9.96. The minimum Gasteiger partial charge on any atom is -0.458 e. The van der Waals surface area contributed by atoms with Crippen molar-refractivity contribution < 1.29 is 23.8 Å². The summed E-state index contributed by atoms with van der Waals surface area (Å²) in [7, 11) is 0. The predicted molar refractivity (Wildman–Crippen MR) is 87.2 cm³/mol. The molecule has 1 aliphatic heterocycles. The molecule has 0 aromatic heterocycles. The van der Waals surface area contributed by atoms with Gasteiger partial charge in [-0.2, -0.15) is 0 Å². The number of rotatable bonds is 6. The third kappa shape index (κ3) is 3.56. The van der Waals surface area contributed by atoms with E-state index in [9.17, 15) is 9.59 Å². The maximum absolute atomic E-state index is 11.5. The summed E-state index contributed by atoms with van der Waals surface area (Å²) in [6.07, 6.45) is 1.53. The zero-order valence-electron chi connectivity index (χ0n) is 13.4. The van der Waals surface area contributed by atoms with Gasteiger partial charge in [-0.1, -0.05) is 30.3 Å². The summed E-state index contributed by atoms with van der Waals surface area (Å²) in [6, 6.07) is 13.3. The van der Waals surface area contributed by atoms with Crippen LogP contribution in [-0.2, 0) is 16.0 Å². The maximum Gasteiger partial charge on any atom is 0.303 e. The van der Waals surface area contributed by atoms with Crippen molar-refractivity contribution >= 4 is 12.3 Å². The Morgan fingerprint density at radius 1 is 1.21 bits per heavy atom. The van der Waals surface area contributed by atoms with Gasteiger partial charge in [-0.25, -0.2) is 0 Å². The van der Waals surface area contributed by atoms with Crippen molar-refractivity contribution in [1.29, 1.82) is 0 Å². The summed E-state index contributed by atoms with van der Waals surface area (Å²) in [5.74, 6) is 0.709. The summed E-state index contributed by atoms with van der Waals surface area (Å²) in [6.45, 7) is 1.49. The number of hydrogen-bond acceptors (Lipinski definition) is 5. The van der Waals surface area contributed by atoms with Crippen LogP contribution in [0.4, 0.5) is 0 Å². The summed E-state index contributed by atoms with van der Waals surface area (Å²) in [5.41, 5.74) is 2.22. The Labute approximate surface area is 140 Å². The van der Waals surface area contributed by atoms with Gasteiger partial charge in [0.15, 0.2) is 17.8 Å². The Kier molecular flexibility index (Phi) is 4.79. The normalized spacial score (nSPS) is 13.4. The van der Waals surface area contributed by atoms with Gasteiger partial charge in [-0.3, -0.25) is 9.59 Å². The van der Waals surface area contributed by atoms with E-state index in [-0.39, 0.29) is 12.8 Å². The van der Waals surface area contributed by atoms with Gasteiger partial charge < -0.3 is 14.2 Å². The quantitative estimate of drug-likeness (QED) is 0.601. The van der Waals surface area contributed by atoms with E-state index in [1.807, 2.05) is 30.3 Å². The molecule has 0 bridgehead atoms. The second-order valence-electron chi connectivity index (χ2n) is 5.57. The monoisotopic (exact) mass is 326 g/mol. The first-order valence-corrected chi connectivity index (χ1v) is 7.77. The van der Waals surface area contributed by atoms with Crippen LogP contribution in [0.3, 0.4) is 0 Å². The summed E-state index contributed by atoms with van der Waals surface area (Å²) in [4.78, 5) is 23.0. The highest BCUT2D eigenvalue weighted by molar-refractivity contribution is 5.80. The first kappa shape index (κ1) is 16.1. The second-order valence-corrected chi connectivity index (χ2v) is 5.57. The standard InChI is InChI=1S/C19H18O5/c1-13(21)24-17(8-7-14-5-3-2-4-6-14)16-10-19-18(22-12-23-19)9-15(16)11-20/h2-6,9-11,17H,7-8,12H2,1H3. The Bertz CT molecular complexity index is 739. The van der Waals surface area contributed by atoms with E-state index in [1.54, 1.807) is 12.1 Å². The number of carbonyl (C=O) groups is 2. The van der Waals surface area contributed by atoms with Crippen molar-refractivity contribution in [3.63, 3.8) is 0 Å². The van der Waals surface area contributed by atoms with Crippen LogP contribution in [0.1, 0.15) is 40.9 Å². The highest BCUT2D eigenvalue weighted by Crippen LogP contribution is 2.38. The lowest BCUT2D eigenvalue weighted by Crippen LogP contribution is -2.12. The molecule has 0 saturated carbocycles. The van der Waals surface area contributed by atoms with Crippen molar-refractivity contribution in [3.05, 3.63) is 59.2 Å². The van der Waals surface area contributed by atoms with Gasteiger partial charge in [0, 0.05) is 18.1 Å². The molecule has 0 radical (unpaired) electrons. The number of carbonyl (C=O) groups excluding carboxylic acids is 2. The molecule has 1 aliphatic rings. The molecular formula is C19H18O5. The molecule has 1 unspecified atom stereocenters. The maximum atomic E-state index is 11.5. The molecule has 5 heteroatoms. The van der Waals surface area contributed by atoms with Gasteiger partial charge in [0.1, 0.15) is 6.10 Å². The number of benzene rings is 2. The lowest BCUT2D eigenvalue weighted by Gasteiger charge is -2.19. The molecule has 0 N–H and O–H groups in total. The van der Waals surface area contributed by atoms with Gasteiger partial charge in [0.25, 0.3) is 0 Å². The average Bonchev–Trinajstić information content (AvgIpc) is 3.05. The van der Waals surface area contributed by atoms with Crippen molar-refractivity contribution in [1.82, 2.24) is 0 Å². The van der Waals surface area contributed by atoms with Crippen LogP contribution in [0, 0.1) is 0 Å². The van der Waals surface area contributed by atoms with Crippen LogP contribution in [-0.4, -0.2) is 19.0 Å². The molecule has 1 heterocycles. The molecule has 0 aliphatic carbocycles. The van der Waals surface area contributed by atoms with Crippen LogP contribution < -0.4 is 9.47 Å². The molecule has 124 valence electrons. The summed E-state index contributed by atoms with van der Waals surface area (Å²) in [5, 5.41) is 0. The van der Waals surface area contributed by atoms with Gasteiger partial charge >= 0.3 is 5.97 Å². The molecule has 0 fully saturated rings. The molecule has 0 saturated heterocycles. The Balaban J connectivity index is 1.88. The second kappa shape index (κ2) is 7.17. The molecule has 2 aromatic rings. The van der Waals surface area contributed by atoms with Crippen molar-refractivity contribution in [2.24, 2.45) is 0 Å². The van der Waals surface area contributed by atoms with Gasteiger partial charge in [0.2, 0.25) is 6.79 Å². The highest BCUT2D eigenvalue weighted by Gasteiger charge is 2.24. The van der Waals surface area contributed by atoms with Gasteiger partial charge in [-0.05, 0) is 30.5 Å². The molecule has 0 spiro atoms. The fraction of sp³-hybridized carbons (Fsp3) is 0.263. The number of aryl methyl sites for hydroxylation is 1. The molecule has 24 heavy (non-hydrogen) atoms. The van der Waals surface area contributed by atoms with E-state index in [1.165, 1.54) is 6.92 Å². The molecule has 5 nitrogen and oxygen atoms in total. The Morgan fingerprint density at radius 2 is 1.92 bits per heavy atom. The van der Waals surface area contributed by atoms with Crippen LogP contribution in [0.2, 0.25) is 0 Å². The Hall–Kier alpha value is -2.82. The number of hydrogen-bond donors (Lipinski definition) is 0. The van der Waals surface area contributed by atoms with E-state index in [0.717, 1.165) is 18.3 Å². The third-order valence-corrected chi connectivity index (χ3v) is 3.90. The zero-order chi connectivity index (χ0) is 16.9. The summed E-state index contributed by atoms with van der Waals surface area (Å²) < 4.78 is 16.1. The summed E-state index contributed by atoms with van der Waals surface area (Å²) >= 11 is 0. The fourth-order valence-electron chi connectivity index (χ4n) is 2.78. The molecular weight excluding hydrogens is 308 g/mol. The minimum absolute atomic E-state index is 0.124. The van der Waals surface area contributed by atoms with Crippen molar-refractivity contribution in [3.8, 4) is 11.5 Å². The third-order valence-electron chi connectivity index (χ3n) is 3.90. The molecule has 1 atom stereocenters. The van der Waals surface area contributed by atoms with Crippen LogP contribution in [0.5, 0.6) is 11.5 Å². The van der Waals surface area contributed by atoms with Crippen LogP contribution in [0.25, 0.3) is 0 Å². The molecule has 0 amide bonds. The zero-order valence-corrected chi connectivity index (χ0v) is 13.4. The predicted octanol–water partition coefficient (Wildman–Crippen LogP) is 3.46.